The lowest BCUT2D eigenvalue weighted by molar-refractivity contribution is -0.386. The number of rotatable bonds is 7. The third-order valence-corrected chi connectivity index (χ3v) is 3.72. The lowest BCUT2D eigenvalue weighted by Crippen LogP contribution is -2.30. The fourth-order valence-corrected chi connectivity index (χ4v) is 2.52. The Morgan fingerprint density at radius 2 is 2.05 bits per heavy atom. The Morgan fingerprint density at radius 1 is 1.38 bits per heavy atom. The monoisotopic (exact) mass is 315 g/mol. The number of sulfone groups is 1. The minimum atomic E-state index is -3.74. The van der Waals surface area contributed by atoms with Crippen molar-refractivity contribution < 1.29 is 18.1 Å². The van der Waals surface area contributed by atoms with Gasteiger partial charge in [-0.2, -0.15) is 0 Å². The molecule has 1 rings (SSSR count). The number of amides is 1. The first-order chi connectivity index (χ1) is 9.77. The summed E-state index contributed by atoms with van der Waals surface area (Å²) in [6, 6.07) is 3.91. The van der Waals surface area contributed by atoms with Gasteiger partial charge in [0, 0.05) is 12.8 Å². The molecule has 0 aliphatic rings. The lowest BCUT2D eigenvalue weighted by atomic mass is 10.2. The number of carbonyl (C=O) groups is 1. The maximum absolute atomic E-state index is 11.6. The van der Waals surface area contributed by atoms with E-state index in [0.717, 1.165) is 18.7 Å². The molecule has 2 N–H and O–H groups in total. The summed E-state index contributed by atoms with van der Waals surface area (Å²) in [5.74, 6) is -0.323. The summed E-state index contributed by atoms with van der Waals surface area (Å²) in [7, 11) is -3.74. The van der Waals surface area contributed by atoms with Crippen LogP contribution < -0.4 is 10.6 Å². The molecule has 0 aromatic heterocycles. The molecule has 116 valence electrons. The molecule has 0 atom stereocenters. The summed E-state index contributed by atoms with van der Waals surface area (Å²) < 4.78 is 23.2. The van der Waals surface area contributed by atoms with E-state index in [4.69, 9.17) is 0 Å². The van der Waals surface area contributed by atoms with E-state index < -0.39 is 20.4 Å². The fraction of sp³-hybridized carbons (Fsp3) is 0.417. The first-order valence-electron chi connectivity index (χ1n) is 6.25. The Labute approximate surface area is 122 Å². The second-order valence-electron chi connectivity index (χ2n) is 4.39. The Kier molecular flexibility index (Phi) is 5.65. The van der Waals surface area contributed by atoms with E-state index in [2.05, 4.69) is 10.6 Å². The molecular weight excluding hydrogens is 298 g/mol. The molecule has 1 aromatic rings. The molecular formula is C12H17N3O5S. The topological polar surface area (TPSA) is 118 Å². The Balaban J connectivity index is 3.03. The number of hydrogen-bond acceptors (Lipinski definition) is 6. The van der Waals surface area contributed by atoms with Crippen molar-refractivity contribution in [1.29, 1.82) is 0 Å². The first-order valence-corrected chi connectivity index (χ1v) is 8.14. The number of carbonyl (C=O) groups excluding carboxylic acids is 1. The van der Waals surface area contributed by atoms with Crippen LogP contribution in [0.3, 0.4) is 0 Å². The molecule has 0 aliphatic heterocycles. The van der Waals surface area contributed by atoms with Gasteiger partial charge >= 0.3 is 5.69 Å². The van der Waals surface area contributed by atoms with Crippen molar-refractivity contribution in [2.45, 2.75) is 18.2 Å². The number of nitro groups is 1. The molecule has 0 spiro atoms. The maximum atomic E-state index is 11.6. The van der Waals surface area contributed by atoms with Crippen LogP contribution in [0.25, 0.3) is 0 Å². The third kappa shape index (κ3) is 4.71. The van der Waals surface area contributed by atoms with Crippen molar-refractivity contribution >= 4 is 27.1 Å². The summed E-state index contributed by atoms with van der Waals surface area (Å²) in [4.78, 5) is 21.4. The van der Waals surface area contributed by atoms with E-state index in [1.54, 1.807) is 0 Å². The van der Waals surface area contributed by atoms with Gasteiger partial charge in [0.15, 0.2) is 9.84 Å². The normalized spacial score (nSPS) is 11.0. The van der Waals surface area contributed by atoms with Gasteiger partial charge in [-0.3, -0.25) is 14.9 Å². The van der Waals surface area contributed by atoms with Crippen molar-refractivity contribution in [3.05, 3.63) is 28.3 Å². The molecule has 0 saturated heterocycles. The molecule has 0 saturated carbocycles. The van der Waals surface area contributed by atoms with E-state index in [1.165, 1.54) is 12.1 Å². The van der Waals surface area contributed by atoms with Gasteiger partial charge in [-0.05, 0) is 18.6 Å². The van der Waals surface area contributed by atoms with Crippen LogP contribution >= 0.6 is 0 Å². The zero-order valence-corrected chi connectivity index (χ0v) is 12.6. The predicted octanol–water partition coefficient (Wildman–Crippen LogP) is 0.936. The molecule has 1 aromatic carbocycles. The van der Waals surface area contributed by atoms with Crippen LogP contribution in [0.4, 0.5) is 11.4 Å². The van der Waals surface area contributed by atoms with Crippen molar-refractivity contribution in [3.8, 4) is 0 Å². The summed E-state index contributed by atoms with van der Waals surface area (Å²) in [5, 5.41) is 16.3. The second-order valence-corrected chi connectivity index (χ2v) is 6.37. The Hall–Kier alpha value is -2.16. The number of nitrogens with one attached hydrogen (secondary N) is 2. The summed E-state index contributed by atoms with van der Waals surface area (Å²) in [6.07, 6.45) is 1.67. The average Bonchev–Trinajstić information content (AvgIpc) is 2.41. The van der Waals surface area contributed by atoms with Gasteiger partial charge < -0.3 is 10.6 Å². The van der Waals surface area contributed by atoms with Crippen molar-refractivity contribution in [1.82, 2.24) is 5.32 Å². The van der Waals surface area contributed by atoms with Crippen LogP contribution in [-0.2, 0) is 14.6 Å². The SMILES string of the molecule is CCCNC(=O)CNc1cccc(S(C)(=O)=O)c1[N+](=O)[O-]. The Bertz CT molecular complexity index is 642. The van der Waals surface area contributed by atoms with E-state index in [9.17, 15) is 23.3 Å². The van der Waals surface area contributed by atoms with E-state index in [0.29, 0.717) is 6.54 Å². The fourth-order valence-electron chi connectivity index (χ4n) is 1.65. The number of benzene rings is 1. The zero-order chi connectivity index (χ0) is 16.0. The van der Waals surface area contributed by atoms with Gasteiger partial charge in [0.25, 0.3) is 0 Å². The molecule has 1 amide bonds. The van der Waals surface area contributed by atoms with Gasteiger partial charge in [0.1, 0.15) is 10.6 Å². The van der Waals surface area contributed by atoms with Crippen LogP contribution in [0.15, 0.2) is 23.1 Å². The summed E-state index contributed by atoms with van der Waals surface area (Å²) in [6.45, 7) is 2.23. The minimum absolute atomic E-state index is 0.00502. The van der Waals surface area contributed by atoms with Gasteiger partial charge in [-0.1, -0.05) is 13.0 Å². The van der Waals surface area contributed by atoms with Crippen LogP contribution in [-0.4, -0.2) is 38.6 Å². The molecule has 8 nitrogen and oxygen atoms in total. The molecule has 0 bridgehead atoms. The van der Waals surface area contributed by atoms with E-state index in [1.807, 2.05) is 6.92 Å². The van der Waals surface area contributed by atoms with Gasteiger partial charge in [0.2, 0.25) is 5.91 Å². The summed E-state index contributed by atoms with van der Waals surface area (Å²) >= 11 is 0. The van der Waals surface area contributed by atoms with Crippen molar-refractivity contribution in [3.63, 3.8) is 0 Å². The molecule has 0 aliphatic carbocycles. The van der Waals surface area contributed by atoms with Crippen LogP contribution in [0.5, 0.6) is 0 Å². The highest BCUT2D eigenvalue weighted by Crippen LogP contribution is 2.31. The summed E-state index contributed by atoms with van der Waals surface area (Å²) in [5.41, 5.74) is -0.558. The van der Waals surface area contributed by atoms with Crippen LogP contribution in [0, 0.1) is 10.1 Å². The van der Waals surface area contributed by atoms with E-state index >= 15 is 0 Å². The largest absolute Gasteiger partial charge is 0.371 e. The number of anilines is 1. The average molecular weight is 315 g/mol. The number of hydrogen-bond donors (Lipinski definition) is 2. The lowest BCUT2D eigenvalue weighted by Gasteiger charge is -2.09. The van der Waals surface area contributed by atoms with E-state index in [-0.39, 0.29) is 23.0 Å². The molecule has 0 fully saturated rings. The molecule has 0 heterocycles. The van der Waals surface area contributed by atoms with Crippen molar-refractivity contribution in [2.24, 2.45) is 0 Å². The molecule has 21 heavy (non-hydrogen) atoms. The van der Waals surface area contributed by atoms with Gasteiger partial charge in [-0.25, -0.2) is 8.42 Å². The number of nitrogens with zero attached hydrogens (tertiary/aromatic N) is 1. The standard InChI is InChI=1S/C12H17N3O5S/c1-3-7-13-11(16)8-14-9-5-4-6-10(21(2,19)20)12(9)15(17)18/h4-6,14H,3,7-8H2,1-2H3,(H,13,16). The van der Waals surface area contributed by atoms with Crippen molar-refractivity contribution in [2.75, 3.05) is 24.7 Å². The molecule has 0 unspecified atom stereocenters. The molecule has 9 heteroatoms. The first kappa shape index (κ1) is 16.9. The van der Waals surface area contributed by atoms with Crippen LogP contribution in [0.2, 0.25) is 0 Å². The zero-order valence-electron chi connectivity index (χ0n) is 11.8. The molecule has 0 radical (unpaired) electrons. The minimum Gasteiger partial charge on any atom is -0.371 e. The highest BCUT2D eigenvalue weighted by molar-refractivity contribution is 7.90. The highest BCUT2D eigenvalue weighted by Gasteiger charge is 2.26. The number of nitro benzene ring substituents is 1. The predicted molar refractivity (Wildman–Crippen MR) is 78.0 cm³/mol. The smallest absolute Gasteiger partial charge is 0.310 e. The third-order valence-electron chi connectivity index (χ3n) is 2.59. The van der Waals surface area contributed by atoms with Gasteiger partial charge in [-0.15, -0.1) is 0 Å². The Morgan fingerprint density at radius 3 is 2.57 bits per heavy atom. The maximum Gasteiger partial charge on any atom is 0.310 e. The van der Waals surface area contributed by atoms with Gasteiger partial charge in [0.05, 0.1) is 11.5 Å². The second kappa shape index (κ2) is 7.02. The quantitative estimate of drug-likeness (QED) is 0.571. The highest BCUT2D eigenvalue weighted by atomic mass is 32.2. The van der Waals surface area contributed by atoms with Crippen LogP contribution in [0.1, 0.15) is 13.3 Å². The number of para-hydroxylation sites is 1.